The molecule has 1 unspecified atom stereocenters. The Kier molecular flexibility index (Phi) is 3.92. The summed E-state index contributed by atoms with van der Waals surface area (Å²) in [7, 11) is 0. The summed E-state index contributed by atoms with van der Waals surface area (Å²) >= 11 is 5.82. The van der Waals surface area contributed by atoms with E-state index < -0.39 is 6.10 Å². The Morgan fingerprint density at radius 2 is 2.00 bits per heavy atom. The number of nitrogens with zero attached hydrogens (tertiary/aromatic N) is 2. The molecule has 1 aromatic carbocycles. The second-order valence-corrected chi connectivity index (χ2v) is 5.61. The van der Waals surface area contributed by atoms with Crippen molar-refractivity contribution in [2.45, 2.75) is 13.0 Å². The van der Waals surface area contributed by atoms with Gasteiger partial charge in [0, 0.05) is 10.6 Å². The maximum atomic E-state index is 12.4. The van der Waals surface area contributed by atoms with Gasteiger partial charge in [0.25, 0.3) is 5.91 Å². The maximum Gasteiger partial charge on any atom is 0.269 e. The highest BCUT2D eigenvalue weighted by Crippen LogP contribution is 2.33. The SMILES string of the molecule is CC1Oc2ccc(N)nc2N(CC(=O)c2ccc(Cl)cc2)C1=O. The van der Waals surface area contributed by atoms with E-state index in [4.69, 9.17) is 22.1 Å². The van der Waals surface area contributed by atoms with Gasteiger partial charge in [0.15, 0.2) is 23.5 Å². The lowest BCUT2D eigenvalue weighted by atomic mass is 10.1. The van der Waals surface area contributed by atoms with Crippen LogP contribution in [0, 0.1) is 0 Å². The molecule has 0 fully saturated rings. The van der Waals surface area contributed by atoms with Crippen LogP contribution in [-0.2, 0) is 4.79 Å². The van der Waals surface area contributed by atoms with Crippen molar-refractivity contribution in [1.29, 1.82) is 0 Å². The number of aromatic nitrogens is 1. The van der Waals surface area contributed by atoms with Crippen LogP contribution in [-0.4, -0.2) is 29.3 Å². The van der Waals surface area contributed by atoms with Gasteiger partial charge in [-0.05, 0) is 43.3 Å². The first-order valence-electron chi connectivity index (χ1n) is 6.99. The molecule has 118 valence electrons. The summed E-state index contributed by atoms with van der Waals surface area (Å²) in [6, 6.07) is 9.71. The lowest BCUT2D eigenvalue weighted by Gasteiger charge is -2.31. The van der Waals surface area contributed by atoms with Gasteiger partial charge in [0.2, 0.25) is 0 Å². The van der Waals surface area contributed by atoms with Gasteiger partial charge in [0.1, 0.15) is 5.82 Å². The van der Waals surface area contributed by atoms with Crippen LogP contribution in [0.1, 0.15) is 17.3 Å². The number of carbonyl (C=O) groups is 2. The predicted octanol–water partition coefficient (Wildman–Crippen LogP) is 2.31. The van der Waals surface area contributed by atoms with Crippen LogP contribution in [0.25, 0.3) is 0 Å². The van der Waals surface area contributed by atoms with Gasteiger partial charge in [-0.3, -0.25) is 14.5 Å². The topological polar surface area (TPSA) is 85.5 Å². The van der Waals surface area contributed by atoms with Crippen molar-refractivity contribution < 1.29 is 14.3 Å². The van der Waals surface area contributed by atoms with Crippen molar-refractivity contribution in [3.8, 4) is 5.75 Å². The first kappa shape index (κ1) is 15.3. The van der Waals surface area contributed by atoms with Crippen molar-refractivity contribution in [3.63, 3.8) is 0 Å². The Balaban J connectivity index is 1.92. The first-order chi connectivity index (χ1) is 11.0. The van der Waals surface area contributed by atoms with Crippen molar-refractivity contribution in [3.05, 3.63) is 47.0 Å². The Labute approximate surface area is 137 Å². The summed E-state index contributed by atoms with van der Waals surface area (Å²) in [5.74, 6) is 0.376. The molecule has 3 rings (SSSR count). The number of fused-ring (bicyclic) bond motifs is 1. The third-order valence-electron chi connectivity index (χ3n) is 3.50. The van der Waals surface area contributed by atoms with Gasteiger partial charge < -0.3 is 10.5 Å². The highest BCUT2D eigenvalue weighted by atomic mass is 35.5. The van der Waals surface area contributed by atoms with Crippen LogP contribution < -0.4 is 15.4 Å². The van der Waals surface area contributed by atoms with Crippen molar-refractivity contribution in [1.82, 2.24) is 4.98 Å². The van der Waals surface area contributed by atoms with Crippen LogP contribution >= 0.6 is 11.6 Å². The summed E-state index contributed by atoms with van der Waals surface area (Å²) in [5.41, 5.74) is 6.14. The molecule has 0 spiro atoms. The van der Waals surface area contributed by atoms with Gasteiger partial charge in [-0.25, -0.2) is 4.98 Å². The van der Waals surface area contributed by atoms with Gasteiger partial charge >= 0.3 is 0 Å². The molecule has 2 N–H and O–H groups in total. The fraction of sp³-hybridized carbons (Fsp3) is 0.188. The number of nitrogens with two attached hydrogens (primary N) is 1. The molecular weight excluding hydrogens is 318 g/mol. The van der Waals surface area contributed by atoms with Crippen molar-refractivity contribution in [2.75, 3.05) is 17.2 Å². The average molecular weight is 332 g/mol. The number of nitrogen functional groups attached to an aromatic ring is 1. The van der Waals surface area contributed by atoms with E-state index in [1.54, 1.807) is 43.3 Å². The van der Waals surface area contributed by atoms with Crippen LogP contribution in [0.5, 0.6) is 5.75 Å². The zero-order valence-corrected chi connectivity index (χ0v) is 13.1. The smallest absolute Gasteiger partial charge is 0.269 e. The number of hydrogen-bond acceptors (Lipinski definition) is 5. The Morgan fingerprint density at radius 1 is 1.30 bits per heavy atom. The standard InChI is InChI=1S/C16H14ClN3O3/c1-9-16(22)20(15-13(23-9)6-7-14(18)19-15)8-12(21)10-2-4-11(17)5-3-10/h2-7,9H,8H2,1H3,(H2,18,19). The van der Waals surface area contributed by atoms with Gasteiger partial charge in [0.05, 0.1) is 6.54 Å². The molecule has 7 heteroatoms. The van der Waals surface area contributed by atoms with E-state index in [1.807, 2.05) is 0 Å². The van der Waals surface area contributed by atoms with Gasteiger partial charge in [-0.15, -0.1) is 0 Å². The molecule has 0 aliphatic carbocycles. The van der Waals surface area contributed by atoms with Gasteiger partial charge in [-0.1, -0.05) is 11.6 Å². The summed E-state index contributed by atoms with van der Waals surface area (Å²) in [4.78, 5) is 30.2. The third-order valence-corrected chi connectivity index (χ3v) is 3.75. The minimum atomic E-state index is -0.689. The van der Waals surface area contributed by atoms with E-state index in [9.17, 15) is 9.59 Å². The van der Waals surface area contributed by atoms with Gasteiger partial charge in [-0.2, -0.15) is 0 Å². The molecule has 1 amide bonds. The van der Waals surface area contributed by atoms with Crippen LogP contribution in [0.3, 0.4) is 0 Å². The fourth-order valence-corrected chi connectivity index (χ4v) is 2.45. The summed E-state index contributed by atoms with van der Waals surface area (Å²) in [5, 5.41) is 0.539. The normalized spacial score (nSPS) is 16.7. The monoisotopic (exact) mass is 331 g/mol. The molecule has 2 aromatic rings. The second kappa shape index (κ2) is 5.89. The molecule has 0 radical (unpaired) electrons. The quantitative estimate of drug-likeness (QED) is 0.872. The number of benzene rings is 1. The average Bonchev–Trinajstić information content (AvgIpc) is 2.53. The van der Waals surface area contributed by atoms with Crippen molar-refractivity contribution in [2.24, 2.45) is 0 Å². The zero-order chi connectivity index (χ0) is 16.6. The molecular formula is C16H14ClN3O3. The molecule has 1 aliphatic heterocycles. The Morgan fingerprint density at radius 3 is 2.70 bits per heavy atom. The largest absolute Gasteiger partial charge is 0.477 e. The Hall–Kier alpha value is -2.60. The summed E-state index contributed by atoms with van der Waals surface area (Å²) in [6.45, 7) is 1.49. The number of halogens is 1. The number of hydrogen-bond donors (Lipinski definition) is 1. The minimum Gasteiger partial charge on any atom is -0.477 e. The molecule has 6 nitrogen and oxygen atoms in total. The maximum absolute atomic E-state index is 12.4. The van der Waals surface area contributed by atoms with Crippen LogP contribution in [0.4, 0.5) is 11.6 Å². The van der Waals surface area contributed by atoms with E-state index in [1.165, 1.54) is 4.90 Å². The molecule has 1 aliphatic rings. The predicted molar refractivity (Wildman–Crippen MR) is 86.9 cm³/mol. The summed E-state index contributed by atoms with van der Waals surface area (Å²) in [6.07, 6.45) is -0.689. The van der Waals surface area contributed by atoms with E-state index >= 15 is 0 Å². The lowest BCUT2D eigenvalue weighted by Crippen LogP contribution is -2.47. The minimum absolute atomic E-state index is 0.141. The van der Waals surface area contributed by atoms with Crippen molar-refractivity contribution >= 4 is 34.9 Å². The number of anilines is 2. The van der Waals surface area contributed by atoms with Crippen LogP contribution in [0.2, 0.25) is 5.02 Å². The van der Waals surface area contributed by atoms with E-state index in [0.717, 1.165) is 0 Å². The summed E-state index contributed by atoms with van der Waals surface area (Å²) < 4.78 is 5.49. The van der Waals surface area contributed by atoms with Crippen LogP contribution in [0.15, 0.2) is 36.4 Å². The van der Waals surface area contributed by atoms with E-state index in [2.05, 4.69) is 4.98 Å². The zero-order valence-electron chi connectivity index (χ0n) is 12.3. The second-order valence-electron chi connectivity index (χ2n) is 5.17. The fourth-order valence-electron chi connectivity index (χ4n) is 2.32. The number of pyridine rings is 1. The first-order valence-corrected chi connectivity index (χ1v) is 7.37. The lowest BCUT2D eigenvalue weighted by molar-refractivity contribution is -0.125. The number of Topliss-reactive ketones (excluding diaryl/α,β-unsaturated/α-hetero) is 1. The number of ketones is 1. The third kappa shape index (κ3) is 2.98. The van der Waals surface area contributed by atoms with E-state index in [0.29, 0.717) is 16.3 Å². The highest BCUT2D eigenvalue weighted by Gasteiger charge is 2.34. The molecule has 23 heavy (non-hydrogen) atoms. The number of amides is 1. The molecule has 2 heterocycles. The molecule has 0 saturated carbocycles. The Bertz CT molecular complexity index is 777. The number of ether oxygens (including phenoxy) is 1. The number of rotatable bonds is 3. The number of carbonyl (C=O) groups excluding carboxylic acids is 2. The molecule has 1 aromatic heterocycles. The molecule has 0 bridgehead atoms. The molecule has 0 saturated heterocycles. The highest BCUT2D eigenvalue weighted by molar-refractivity contribution is 6.30. The molecule has 1 atom stereocenters. The van der Waals surface area contributed by atoms with E-state index in [-0.39, 0.29) is 29.9 Å².